The highest BCUT2D eigenvalue weighted by Crippen LogP contribution is 2.66. The minimum absolute atomic E-state index is 0. The van der Waals surface area contributed by atoms with Gasteiger partial charge in [0, 0.05) is 54.2 Å². The lowest BCUT2D eigenvalue weighted by molar-refractivity contribution is 0.426. The maximum Gasteiger partial charge on any atom is 0.489 e. The van der Waals surface area contributed by atoms with Crippen molar-refractivity contribution in [1.82, 2.24) is 29.9 Å². The summed E-state index contributed by atoms with van der Waals surface area (Å²) in [5, 5.41) is 23.8. The number of halogens is 1. The molecule has 0 bridgehead atoms. The zero-order valence-electron chi connectivity index (χ0n) is 70.9. The third-order valence-corrected chi connectivity index (χ3v) is 27.5. The summed E-state index contributed by atoms with van der Waals surface area (Å²) in [6, 6.07) is 150. The molecule has 8 nitrogen and oxygen atoms in total. The topological polar surface area (TPSA) is 118 Å². The second-order valence-electron chi connectivity index (χ2n) is 34.5. The van der Waals surface area contributed by atoms with Crippen molar-refractivity contribution in [2.24, 2.45) is 0 Å². The van der Waals surface area contributed by atoms with Gasteiger partial charge in [0.2, 0.25) is 0 Å². The van der Waals surface area contributed by atoms with Gasteiger partial charge in [-0.2, -0.15) is 0 Å². The van der Waals surface area contributed by atoms with Crippen LogP contribution in [-0.4, -0.2) is 47.1 Å². The first-order valence-corrected chi connectivity index (χ1v) is 44.4. The van der Waals surface area contributed by atoms with Crippen LogP contribution in [0.3, 0.4) is 0 Å². The molecule has 20 aromatic rings. The Bertz CT molecular complexity index is 7520. The molecule has 2 heterocycles. The van der Waals surface area contributed by atoms with Gasteiger partial charge in [-0.15, -0.1) is 0 Å². The Morgan fingerprint density at radius 3 is 0.822 bits per heavy atom. The van der Waals surface area contributed by atoms with Crippen molar-refractivity contribution < 1.29 is 10.0 Å². The first kappa shape index (κ1) is 81.0. The van der Waals surface area contributed by atoms with Crippen LogP contribution in [0.25, 0.3) is 146 Å². The molecule has 2 N–H and O–H groups in total. The summed E-state index contributed by atoms with van der Waals surface area (Å²) >= 11 is 3.87. The van der Waals surface area contributed by atoms with Gasteiger partial charge in [0.25, 0.3) is 0 Å². The fourth-order valence-corrected chi connectivity index (χ4v) is 21.6. The molecule has 0 radical (unpaired) electrons. The van der Waals surface area contributed by atoms with Crippen LogP contribution in [0.2, 0.25) is 0 Å². The molecule has 0 saturated heterocycles. The lowest BCUT2D eigenvalue weighted by Crippen LogP contribution is -2.40. The van der Waals surface area contributed by atoms with E-state index in [0.29, 0.717) is 40.4 Å². The summed E-state index contributed by atoms with van der Waals surface area (Å²) in [5.41, 5.74) is 33.9. The Labute approximate surface area is 761 Å². The van der Waals surface area contributed by atoms with Gasteiger partial charge in [0.15, 0.2) is 34.9 Å². The van der Waals surface area contributed by atoms with Gasteiger partial charge in [-0.05, 0) is 150 Å². The average Bonchev–Trinajstić information content (AvgIpc) is 1.53. The SMILES string of the molecule is C.CC1(C)c2ccccc2C2(c3ccccc3-c3c(-c4ccc(-c5ccc(-c6nc(-c7ccccc7)nc(-c7ccccc7)n6)cc5)c5ccccc45)cccc32)c2ccccc21.CC1(C)c2ccccc2C2(c3ccccc3-c3c(Br)cccc32)c2ccccc21.OB(O)c1ccc(-c2ccc(-c3nc(-c4ccccc4)nc(-c4ccccc4)n3)cc2)c2ccccc12. The second kappa shape index (κ2) is 32.7. The molecule has 616 valence electrons. The number of hydrogen-bond donors (Lipinski definition) is 2. The van der Waals surface area contributed by atoms with Crippen molar-refractivity contribution in [3.63, 3.8) is 0 Å². The van der Waals surface area contributed by atoms with Crippen LogP contribution in [0.5, 0.6) is 0 Å². The Hall–Kier alpha value is -15.0. The van der Waals surface area contributed by atoms with Crippen LogP contribution < -0.4 is 5.46 Å². The van der Waals surface area contributed by atoms with Crippen LogP contribution in [0.1, 0.15) is 102 Å². The highest BCUT2D eigenvalue weighted by molar-refractivity contribution is 9.10. The Kier molecular flexibility index (Phi) is 20.6. The number of hydrogen-bond acceptors (Lipinski definition) is 8. The highest BCUT2D eigenvalue weighted by atomic mass is 79.9. The van der Waals surface area contributed by atoms with Crippen LogP contribution >= 0.6 is 15.9 Å². The number of rotatable bonds is 10. The van der Waals surface area contributed by atoms with Gasteiger partial charge >= 0.3 is 7.12 Å². The Balaban J connectivity index is 0.000000128. The number of aromatic nitrogens is 6. The van der Waals surface area contributed by atoms with Crippen molar-refractivity contribution >= 4 is 50.1 Å². The van der Waals surface area contributed by atoms with E-state index in [1.165, 1.54) is 121 Å². The lowest BCUT2D eigenvalue weighted by atomic mass is 9.55. The van der Waals surface area contributed by atoms with Crippen LogP contribution in [0, 0.1) is 0 Å². The third kappa shape index (κ3) is 13.3. The number of fused-ring (bicyclic) bond motifs is 20. The van der Waals surface area contributed by atoms with Crippen molar-refractivity contribution in [3.8, 4) is 124 Å². The van der Waals surface area contributed by atoms with E-state index in [9.17, 15) is 10.0 Å². The largest absolute Gasteiger partial charge is 0.489 e. The van der Waals surface area contributed by atoms with Crippen LogP contribution in [-0.2, 0) is 21.7 Å². The predicted octanol–water partition coefficient (Wildman–Crippen LogP) is 27.8. The monoisotopic (exact) mass is 1720 g/mol. The van der Waals surface area contributed by atoms with E-state index in [1.807, 2.05) is 176 Å². The predicted molar refractivity (Wildman–Crippen MR) is 533 cm³/mol. The standard InChI is InChI=1S/C59H41N3.C31H22BN3O2.C28H21Br.CH4/c1-58(2)49-27-13-15-29-51(49)59(52-30-16-14-28-50(52)58)48-26-12-11-24-47(48)54-46(25-17-31-53(54)59)45-37-36-42(43-22-9-10-23-44(43)45)38-32-34-41(35-33-38)57-61-55(39-18-5-3-6-19-39)60-56(62-57)40-20-7-4-8-21-40;36-32(37)28-20-19-25(26-13-7-8-14-27(26)28)21-15-17-24(18-16-21)31-34-29(22-9-3-1-4-10-22)33-30(35-31)23-11-5-2-6-12-23;1-27(2)20-12-5-7-14-22(20)28(23-15-8-6-13-21(23)27)19-11-4-3-10-18(19)26-24(28)16-9-17-25(26)29;/h3-37H,1-2H3;1-20,36-37H;3-17H,1-2H3;1H4. The van der Waals surface area contributed by atoms with E-state index >= 15 is 0 Å². The highest BCUT2D eigenvalue weighted by Gasteiger charge is 2.55. The van der Waals surface area contributed by atoms with Crippen LogP contribution in [0.4, 0.5) is 0 Å². The molecule has 2 aromatic heterocycles. The molecule has 129 heavy (non-hydrogen) atoms. The summed E-state index contributed by atoms with van der Waals surface area (Å²) in [7, 11) is -1.53. The fourth-order valence-electron chi connectivity index (χ4n) is 21.1. The quantitative estimate of drug-likeness (QED) is 0.130. The molecule has 0 unspecified atom stereocenters. The first-order chi connectivity index (χ1) is 62.8. The molecule has 0 aliphatic heterocycles. The van der Waals surface area contributed by atoms with Crippen molar-refractivity contribution in [1.29, 1.82) is 0 Å². The van der Waals surface area contributed by atoms with E-state index in [0.717, 1.165) is 60.8 Å². The zero-order chi connectivity index (χ0) is 86.4. The van der Waals surface area contributed by atoms with Crippen LogP contribution in [0.15, 0.2) is 429 Å². The summed E-state index contributed by atoms with van der Waals surface area (Å²) in [5.74, 6) is 3.80. The molecule has 10 heteroatoms. The van der Waals surface area contributed by atoms with Gasteiger partial charge < -0.3 is 10.0 Å². The van der Waals surface area contributed by atoms with E-state index in [2.05, 4.69) is 286 Å². The summed E-state index contributed by atoms with van der Waals surface area (Å²) in [4.78, 5) is 29.2. The summed E-state index contributed by atoms with van der Waals surface area (Å²) in [6.07, 6.45) is 0. The number of nitrogens with zero attached hydrogens (tertiary/aromatic N) is 6. The van der Waals surface area contributed by atoms with Gasteiger partial charge in [-0.25, -0.2) is 29.9 Å². The number of benzene rings is 18. The van der Waals surface area contributed by atoms with E-state index < -0.39 is 12.5 Å². The zero-order valence-corrected chi connectivity index (χ0v) is 72.5. The summed E-state index contributed by atoms with van der Waals surface area (Å²) in [6.45, 7) is 9.49. The van der Waals surface area contributed by atoms with Gasteiger partial charge in [-0.1, -0.05) is 470 Å². The second-order valence-corrected chi connectivity index (χ2v) is 35.3. The molecule has 0 atom stereocenters. The van der Waals surface area contributed by atoms with E-state index in [-0.39, 0.29) is 23.7 Å². The van der Waals surface area contributed by atoms with E-state index in [1.54, 1.807) is 6.07 Å². The molecule has 0 amide bonds. The molecule has 4 aliphatic rings. The minimum atomic E-state index is -1.53. The fraction of sp³-hybridized carbons (Fsp3) is 0.0756. The first-order valence-electron chi connectivity index (χ1n) is 43.6. The molecule has 0 saturated carbocycles. The maximum absolute atomic E-state index is 9.79. The van der Waals surface area contributed by atoms with Crippen molar-refractivity contribution in [3.05, 3.63) is 496 Å². The van der Waals surface area contributed by atoms with E-state index in [4.69, 9.17) is 29.9 Å². The van der Waals surface area contributed by atoms with Crippen molar-refractivity contribution in [2.75, 3.05) is 0 Å². The summed E-state index contributed by atoms with van der Waals surface area (Å²) < 4.78 is 1.17. The molecule has 4 aliphatic carbocycles. The smallest absolute Gasteiger partial charge is 0.423 e. The van der Waals surface area contributed by atoms with Gasteiger partial charge in [0.1, 0.15) is 0 Å². The molecular weight excluding hydrogens is 1640 g/mol. The molecule has 2 spiro atoms. The average molecular weight is 1720 g/mol. The normalized spacial score (nSPS) is 13.6. The maximum atomic E-state index is 9.79. The lowest BCUT2D eigenvalue weighted by Gasteiger charge is -2.46. The molecule has 18 aromatic carbocycles. The molecule has 24 rings (SSSR count). The van der Waals surface area contributed by atoms with Gasteiger partial charge in [-0.3, -0.25) is 0 Å². The Morgan fingerprint density at radius 2 is 0.450 bits per heavy atom. The van der Waals surface area contributed by atoms with Gasteiger partial charge in [0.05, 0.1) is 10.8 Å². The molecule has 0 fully saturated rings. The van der Waals surface area contributed by atoms with Crippen molar-refractivity contribution in [2.45, 2.75) is 56.8 Å². The molecular formula is C119H88BBrN6O2. The Morgan fingerprint density at radius 1 is 0.202 bits per heavy atom. The third-order valence-electron chi connectivity index (χ3n) is 26.9. The minimum Gasteiger partial charge on any atom is -0.423 e.